The largest absolute Gasteiger partial charge is 0.455 e. The van der Waals surface area contributed by atoms with Crippen molar-refractivity contribution in [2.75, 3.05) is 7.05 Å². The quantitative estimate of drug-likeness (QED) is 0.734. The van der Waals surface area contributed by atoms with E-state index in [-0.39, 0.29) is 0 Å². The van der Waals surface area contributed by atoms with Crippen molar-refractivity contribution in [3.63, 3.8) is 0 Å². The van der Waals surface area contributed by atoms with Crippen LogP contribution in [0.25, 0.3) is 0 Å². The second kappa shape index (κ2) is 4.44. The molecule has 15 heavy (non-hydrogen) atoms. The van der Waals surface area contributed by atoms with Crippen LogP contribution in [-0.4, -0.2) is 28.8 Å². The lowest BCUT2D eigenvalue weighted by atomic mass is 10.2. The van der Waals surface area contributed by atoms with E-state index in [0.717, 1.165) is 5.69 Å². The smallest absolute Gasteiger partial charge is 0.359 e. The molecule has 1 rings (SSSR count). The van der Waals surface area contributed by atoms with Crippen LogP contribution in [0, 0.1) is 0 Å². The fraction of sp³-hybridized carbons (Fsp3) is 0.600. The summed E-state index contributed by atoms with van der Waals surface area (Å²) in [4.78, 5) is 11.6. The monoisotopic (exact) mass is 211 g/mol. The first-order chi connectivity index (χ1) is 6.92. The first-order valence-electron chi connectivity index (χ1n) is 4.84. The number of carbonyl (C=O) groups excluding carboxylic acids is 1. The van der Waals surface area contributed by atoms with Crippen molar-refractivity contribution in [2.24, 2.45) is 0 Å². The lowest BCUT2D eigenvalue weighted by Gasteiger charge is -2.18. The van der Waals surface area contributed by atoms with Gasteiger partial charge in [0.1, 0.15) is 5.60 Å². The average molecular weight is 211 g/mol. The van der Waals surface area contributed by atoms with Gasteiger partial charge in [0, 0.05) is 12.2 Å². The summed E-state index contributed by atoms with van der Waals surface area (Å²) in [5, 5.41) is 9.60. The normalized spacial score (nSPS) is 11.5. The molecule has 2 N–H and O–H groups in total. The third-order valence-electron chi connectivity index (χ3n) is 1.61. The molecule has 0 amide bonds. The van der Waals surface area contributed by atoms with Crippen LogP contribution in [0.1, 0.15) is 37.0 Å². The molecular weight excluding hydrogens is 194 g/mol. The first kappa shape index (κ1) is 11.7. The number of hydrogen-bond acceptors (Lipinski definition) is 4. The van der Waals surface area contributed by atoms with E-state index in [1.165, 1.54) is 0 Å². The molecule has 0 saturated carbocycles. The van der Waals surface area contributed by atoms with Gasteiger partial charge in [0.2, 0.25) is 0 Å². The highest BCUT2D eigenvalue weighted by atomic mass is 16.6. The lowest BCUT2D eigenvalue weighted by Crippen LogP contribution is -2.24. The molecule has 0 unspecified atom stereocenters. The molecule has 0 radical (unpaired) electrons. The number of nitrogens with one attached hydrogen (secondary N) is 2. The Balaban J connectivity index is 2.66. The van der Waals surface area contributed by atoms with E-state index in [2.05, 4.69) is 15.5 Å². The zero-order chi connectivity index (χ0) is 11.5. The van der Waals surface area contributed by atoms with Gasteiger partial charge in [-0.2, -0.15) is 5.10 Å². The van der Waals surface area contributed by atoms with Crippen molar-refractivity contribution in [2.45, 2.75) is 32.9 Å². The van der Waals surface area contributed by atoms with Gasteiger partial charge in [-0.1, -0.05) is 0 Å². The van der Waals surface area contributed by atoms with Gasteiger partial charge in [-0.3, -0.25) is 5.10 Å². The maximum atomic E-state index is 11.6. The van der Waals surface area contributed by atoms with E-state index in [1.54, 1.807) is 6.07 Å². The van der Waals surface area contributed by atoms with E-state index < -0.39 is 11.6 Å². The Morgan fingerprint density at radius 3 is 2.80 bits per heavy atom. The number of carbonyl (C=O) groups is 1. The van der Waals surface area contributed by atoms with E-state index in [4.69, 9.17) is 4.74 Å². The van der Waals surface area contributed by atoms with Crippen LogP contribution in [0.5, 0.6) is 0 Å². The molecule has 5 nitrogen and oxygen atoms in total. The molecule has 84 valence electrons. The van der Waals surface area contributed by atoms with Gasteiger partial charge in [0.15, 0.2) is 5.69 Å². The third-order valence-corrected chi connectivity index (χ3v) is 1.61. The SMILES string of the molecule is CNCc1cc(C(=O)OC(C)(C)C)n[nH]1. The molecule has 1 aromatic heterocycles. The number of rotatable bonds is 3. The van der Waals surface area contributed by atoms with E-state index >= 15 is 0 Å². The fourth-order valence-corrected chi connectivity index (χ4v) is 1.08. The number of esters is 1. The van der Waals surface area contributed by atoms with Crippen molar-refractivity contribution in [1.29, 1.82) is 0 Å². The molecule has 0 aliphatic rings. The van der Waals surface area contributed by atoms with Crippen LogP contribution in [0.15, 0.2) is 6.07 Å². The summed E-state index contributed by atoms with van der Waals surface area (Å²) in [5.74, 6) is -0.402. The molecule has 0 spiro atoms. The minimum absolute atomic E-state index is 0.315. The van der Waals surface area contributed by atoms with Crippen molar-refractivity contribution >= 4 is 5.97 Å². The fourth-order valence-electron chi connectivity index (χ4n) is 1.08. The summed E-state index contributed by atoms with van der Waals surface area (Å²) in [6.45, 7) is 6.12. The van der Waals surface area contributed by atoms with Crippen molar-refractivity contribution < 1.29 is 9.53 Å². The van der Waals surface area contributed by atoms with Crippen LogP contribution < -0.4 is 5.32 Å². The summed E-state index contributed by atoms with van der Waals surface area (Å²) in [6.07, 6.45) is 0. The Morgan fingerprint density at radius 2 is 2.27 bits per heavy atom. The molecular formula is C10H17N3O2. The second-order valence-electron chi connectivity index (χ2n) is 4.31. The molecule has 0 fully saturated rings. The van der Waals surface area contributed by atoms with Crippen LogP contribution >= 0.6 is 0 Å². The number of H-pyrrole nitrogens is 1. The number of aromatic nitrogens is 2. The molecule has 0 saturated heterocycles. The van der Waals surface area contributed by atoms with Crippen molar-refractivity contribution in [1.82, 2.24) is 15.5 Å². The minimum atomic E-state index is -0.487. The highest BCUT2D eigenvalue weighted by Gasteiger charge is 2.19. The van der Waals surface area contributed by atoms with Gasteiger partial charge in [-0.05, 0) is 33.9 Å². The Kier molecular flexibility index (Phi) is 3.47. The van der Waals surface area contributed by atoms with Crippen LogP contribution in [-0.2, 0) is 11.3 Å². The molecule has 0 aliphatic heterocycles. The first-order valence-corrected chi connectivity index (χ1v) is 4.84. The number of nitrogens with zero attached hydrogens (tertiary/aromatic N) is 1. The average Bonchev–Trinajstić information content (AvgIpc) is 2.50. The third kappa shape index (κ3) is 3.71. The van der Waals surface area contributed by atoms with E-state index in [9.17, 15) is 4.79 Å². The minimum Gasteiger partial charge on any atom is -0.455 e. The number of aromatic amines is 1. The maximum absolute atomic E-state index is 11.6. The molecule has 1 aromatic rings. The topological polar surface area (TPSA) is 67.0 Å². The van der Waals surface area contributed by atoms with Crippen molar-refractivity contribution in [3.8, 4) is 0 Å². The van der Waals surface area contributed by atoms with E-state index in [1.807, 2.05) is 27.8 Å². The van der Waals surface area contributed by atoms with Gasteiger partial charge in [0.25, 0.3) is 0 Å². The molecule has 0 aliphatic carbocycles. The predicted octanol–water partition coefficient (Wildman–Crippen LogP) is 1.08. The van der Waals surface area contributed by atoms with E-state index in [0.29, 0.717) is 12.2 Å². The van der Waals surface area contributed by atoms with Gasteiger partial charge >= 0.3 is 5.97 Å². The number of ether oxygens (including phenoxy) is 1. The van der Waals surface area contributed by atoms with Crippen LogP contribution in [0.4, 0.5) is 0 Å². The van der Waals surface area contributed by atoms with Gasteiger partial charge in [-0.25, -0.2) is 4.79 Å². The second-order valence-corrected chi connectivity index (χ2v) is 4.31. The van der Waals surface area contributed by atoms with Crippen molar-refractivity contribution in [3.05, 3.63) is 17.5 Å². The molecule has 0 aromatic carbocycles. The highest BCUT2D eigenvalue weighted by Crippen LogP contribution is 2.11. The Bertz CT molecular complexity index is 339. The lowest BCUT2D eigenvalue weighted by molar-refractivity contribution is 0.00628. The maximum Gasteiger partial charge on any atom is 0.359 e. The van der Waals surface area contributed by atoms with Crippen LogP contribution in [0.2, 0.25) is 0 Å². The zero-order valence-corrected chi connectivity index (χ0v) is 9.55. The van der Waals surface area contributed by atoms with Gasteiger partial charge in [-0.15, -0.1) is 0 Å². The Labute approximate surface area is 89.2 Å². The van der Waals surface area contributed by atoms with Crippen LogP contribution in [0.3, 0.4) is 0 Å². The molecule has 0 atom stereocenters. The summed E-state index contributed by atoms with van der Waals surface area (Å²) < 4.78 is 5.17. The highest BCUT2D eigenvalue weighted by molar-refractivity contribution is 5.87. The number of hydrogen-bond donors (Lipinski definition) is 2. The molecule has 5 heteroatoms. The molecule has 0 bridgehead atoms. The molecule has 1 heterocycles. The summed E-state index contributed by atoms with van der Waals surface area (Å²) in [7, 11) is 1.83. The predicted molar refractivity (Wildman–Crippen MR) is 56.5 cm³/mol. The van der Waals surface area contributed by atoms with Gasteiger partial charge < -0.3 is 10.1 Å². The standard InChI is InChI=1S/C10H17N3O2/c1-10(2,3)15-9(14)8-5-7(6-11-4)12-13-8/h5,11H,6H2,1-4H3,(H,12,13). The summed E-state index contributed by atoms with van der Waals surface area (Å²) in [6, 6.07) is 1.69. The summed E-state index contributed by atoms with van der Waals surface area (Å²) in [5.41, 5.74) is 0.688. The van der Waals surface area contributed by atoms with Gasteiger partial charge in [0.05, 0.1) is 0 Å². The Morgan fingerprint density at radius 1 is 1.60 bits per heavy atom. The zero-order valence-electron chi connectivity index (χ0n) is 9.55. The summed E-state index contributed by atoms with van der Waals surface area (Å²) >= 11 is 0. The Hall–Kier alpha value is -1.36.